The molecule has 0 bridgehead atoms. The number of nitrogens with one attached hydrogen (secondary N) is 1. The maximum absolute atomic E-state index is 12.9. The number of halogens is 1. The van der Waals surface area contributed by atoms with Gasteiger partial charge in [0.1, 0.15) is 13.2 Å². The molecule has 0 unspecified atom stereocenters. The molecule has 1 fully saturated rings. The van der Waals surface area contributed by atoms with E-state index in [1.807, 2.05) is 44.2 Å². The molecule has 190 valence electrons. The number of nitrogens with zero attached hydrogens (tertiary/aromatic N) is 1. The lowest BCUT2D eigenvalue weighted by molar-refractivity contribution is -0.127. The number of imide groups is 1. The SMILES string of the molecule is CCOc1cc(/C=C2/SC(=O)N(CC(=O)Nc3cccc(C)c3)C2=O)ccc1OCc1ccc(Cl)cc1. The van der Waals surface area contributed by atoms with Gasteiger partial charge in [-0.05, 0) is 84.8 Å². The lowest BCUT2D eigenvalue weighted by Crippen LogP contribution is -2.36. The number of carbonyl (C=O) groups excluding carboxylic acids is 3. The van der Waals surface area contributed by atoms with Crippen molar-refractivity contribution in [1.29, 1.82) is 0 Å². The van der Waals surface area contributed by atoms with Crippen molar-refractivity contribution in [3.63, 3.8) is 0 Å². The zero-order valence-corrected chi connectivity index (χ0v) is 21.9. The van der Waals surface area contributed by atoms with Crippen molar-refractivity contribution >= 4 is 52.2 Å². The average Bonchev–Trinajstić information content (AvgIpc) is 3.12. The van der Waals surface area contributed by atoms with E-state index in [0.29, 0.717) is 41.0 Å². The highest BCUT2D eigenvalue weighted by Crippen LogP contribution is 2.35. The summed E-state index contributed by atoms with van der Waals surface area (Å²) in [4.78, 5) is 39.0. The number of ether oxygens (including phenoxy) is 2. The average molecular weight is 537 g/mol. The fourth-order valence-corrected chi connectivity index (χ4v) is 4.56. The lowest BCUT2D eigenvalue weighted by atomic mass is 10.1. The Hall–Kier alpha value is -3.75. The molecule has 3 aromatic rings. The largest absolute Gasteiger partial charge is 0.490 e. The molecular formula is C28H25ClN2O5S. The van der Waals surface area contributed by atoms with Crippen LogP contribution in [-0.2, 0) is 16.2 Å². The molecule has 1 N–H and O–H groups in total. The Morgan fingerprint density at radius 3 is 2.54 bits per heavy atom. The topological polar surface area (TPSA) is 84.9 Å². The van der Waals surface area contributed by atoms with Crippen LogP contribution in [0.1, 0.15) is 23.6 Å². The molecule has 3 aromatic carbocycles. The molecule has 3 amide bonds. The number of carbonyl (C=O) groups is 3. The van der Waals surface area contributed by atoms with Gasteiger partial charge in [0.05, 0.1) is 11.5 Å². The minimum absolute atomic E-state index is 0.227. The maximum atomic E-state index is 12.9. The Kier molecular flexibility index (Phi) is 8.53. The molecule has 0 saturated carbocycles. The third-order valence-electron chi connectivity index (χ3n) is 5.35. The van der Waals surface area contributed by atoms with E-state index in [2.05, 4.69) is 5.32 Å². The van der Waals surface area contributed by atoms with Gasteiger partial charge in [-0.15, -0.1) is 0 Å². The standard InChI is InChI=1S/C28H25ClN2O5S/c1-3-35-24-14-20(9-12-23(24)36-17-19-7-10-21(29)11-8-19)15-25-27(33)31(28(34)37-25)16-26(32)30-22-6-4-5-18(2)13-22/h4-15H,3,16-17H2,1-2H3,(H,30,32)/b25-15+. The van der Waals surface area contributed by atoms with Gasteiger partial charge >= 0.3 is 0 Å². The first-order valence-electron chi connectivity index (χ1n) is 11.6. The summed E-state index contributed by atoms with van der Waals surface area (Å²) in [5.74, 6) is 0.0993. The molecule has 0 radical (unpaired) electrons. The Morgan fingerprint density at radius 2 is 1.81 bits per heavy atom. The number of amides is 3. The normalized spacial score (nSPS) is 14.2. The molecule has 4 rings (SSSR count). The maximum Gasteiger partial charge on any atom is 0.294 e. The molecule has 0 aliphatic carbocycles. The van der Waals surface area contributed by atoms with Crippen molar-refractivity contribution in [2.24, 2.45) is 0 Å². The number of hydrogen-bond acceptors (Lipinski definition) is 6. The molecule has 1 aliphatic rings. The summed E-state index contributed by atoms with van der Waals surface area (Å²) in [6.07, 6.45) is 1.61. The summed E-state index contributed by atoms with van der Waals surface area (Å²) < 4.78 is 11.7. The van der Waals surface area contributed by atoms with Crippen molar-refractivity contribution in [2.45, 2.75) is 20.5 Å². The summed E-state index contributed by atoms with van der Waals surface area (Å²) in [6.45, 7) is 4.17. The Bertz CT molecular complexity index is 1360. The van der Waals surface area contributed by atoms with Crippen LogP contribution in [0.3, 0.4) is 0 Å². The third kappa shape index (κ3) is 6.93. The van der Waals surface area contributed by atoms with Gasteiger partial charge in [-0.25, -0.2) is 0 Å². The van der Waals surface area contributed by atoms with Gasteiger partial charge in [-0.3, -0.25) is 19.3 Å². The van der Waals surface area contributed by atoms with Gasteiger partial charge in [0, 0.05) is 10.7 Å². The van der Waals surface area contributed by atoms with Crippen LogP contribution in [0, 0.1) is 6.92 Å². The van der Waals surface area contributed by atoms with E-state index < -0.39 is 17.1 Å². The fourth-order valence-electron chi connectivity index (χ4n) is 3.60. The summed E-state index contributed by atoms with van der Waals surface area (Å²) in [5.41, 5.74) is 3.21. The highest BCUT2D eigenvalue weighted by Gasteiger charge is 2.36. The van der Waals surface area contributed by atoms with Gasteiger partial charge < -0.3 is 14.8 Å². The van der Waals surface area contributed by atoms with Gasteiger partial charge in [0.15, 0.2) is 11.5 Å². The van der Waals surface area contributed by atoms with E-state index in [1.54, 1.807) is 42.5 Å². The molecule has 1 aliphatic heterocycles. The van der Waals surface area contributed by atoms with Crippen molar-refractivity contribution in [2.75, 3.05) is 18.5 Å². The summed E-state index contributed by atoms with van der Waals surface area (Å²) in [5, 5.41) is 2.87. The van der Waals surface area contributed by atoms with Crippen molar-refractivity contribution in [3.05, 3.63) is 93.3 Å². The van der Waals surface area contributed by atoms with Gasteiger partial charge in [-0.2, -0.15) is 0 Å². The molecular weight excluding hydrogens is 512 g/mol. The van der Waals surface area contributed by atoms with E-state index in [4.69, 9.17) is 21.1 Å². The van der Waals surface area contributed by atoms with E-state index >= 15 is 0 Å². The number of anilines is 1. The first-order chi connectivity index (χ1) is 17.8. The molecule has 0 atom stereocenters. The highest BCUT2D eigenvalue weighted by atomic mass is 35.5. The summed E-state index contributed by atoms with van der Waals surface area (Å²) in [7, 11) is 0. The number of benzene rings is 3. The number of thioether (sulfide) groups is 1. The third-order valence-corrected chi connectivity index (χ3v) is 6.51. The molecule has 0 spiro atoms. The molecule has 0 aromatic heterocycles. The van der Waals surface area contributed by atoms with E-state index in [9.17, 15) is 14.4 Å². The first kappa shape index (κ1) is 26.3. The van der Waals surface area contributed by atoms with Crippen molar-refractivity contribution < 1.29 is 23.9 Å². The predicted octanol–water partition coefficient (Wildman–Crippen LogP) is 6.30. The minimum Gasteiger partial charge on any atom is -0.490 e. The van der Waals surface area contributed by atoms with Gasteiger partial charge in [0.25, 0.3) is 11.1 Å². The Morgan fingerprint density at radius 1 is 1.03 bits per heavy atom. The smallest absolute Gasteiger partial charge is 0.294 e. The highest BCUT2D eigenvalue weighted by molar-refractivity contribution is 8.18. The van der Waals surface area contributed by atoms with Gasteiger partial charge in [0.2, 0.25) is 5.91 Å². The zero-order valence-electron chi connectivity index (χ0n) is 20.3. The molecule has 1 heterocycles. The van der Waals surface area contributed by atoms with E-state index in [0.717, 1.165) is 27.8 Å². The fraction of sp³-hybridized carbons (Fsp3) is 0.179. The van der Waals surface area contributed by atoms with Crippen LogP contribution in [0.25, 0.3) is 6.08 Å². The van der Waals surface area contributed by atoms with E-state index in [-0.39, 0.29) is 11.4 Å². The lowest BCUT2D eigenvalue weighted by Gasteiger charge is -2.13. The van der Waals surface area contributed by atoms with Crippen molar-refractivity contribution in [3.8, 4) is 11.5 Å². The number of rotatable bonds is 9. The second-order valence-electron chi connectivity index (χ2n) is 8.24. The summed E-state index contributed by atoms with van der Waals surface area (Å²) in [6, 6.07) is 19.9. The first-order valence-corrected chi connectivity index (χ1v) is 12.8. The van der Waals surface area contributed by atoms with Crippen LogP contribution < -0.4 is 14.8 Å². The molecule has 9 heteroatoms. The molecule has 37 heavy (non-hydrogen) atoms. The predicted molar refractivity (Wildman–Crippen MR) is 146 cm³/mol. The van der Waals surface area contributed by atoms with Crippen LogP contribution in [-0.4, -0.2) is 35.1 Å². The van der Waals surface area contributed by atoms with Crippen LogP contribution in [0.15, 0.2) is 71.6 Å². The molecule has 1 saturated heterocycles. The number of hydrogen-bond donors (Lipinski definition) is 1. The Balaban J connectivity index is 1.44. The van der Waals surface area contributed by atoms with Crippen LogP contribution >= 0.6 is 23.4 Å². The monoisotopic (exact) mass is 536 g/mol. The Labute approximate surface area is 224 Å². The van der Waals surface area contributed by atoms with Crippen LogP contribution in [0.4, 0.5) is 10.5 Å². The summed E-state index contributed by atoms with van der Waals surface area (Å²) >= 11 is 6.73. The number of aryl methyl sites for hydroxylation is 1. The zero-order chi connectivity index (χ0) is 26.4. The second kappa shape index (κ2) is 12.0. The van der Waals surface area contributed by atoms with E-state index in [1.165, 1.54) is 0 Å². The van der Waals surface area contributed by atoms with Crippen LogP contribution in [0.5, 0.6) is 11.5 Å². The second-order valence-corrected chi connectivity index (χ2v) is 9.67. The molecule has 7 nitrogen and oxygen atoms in total. The van der Waals surface area contributed by atoms with Gasteiger partial charge in [-0.1, -0.05) is 41.9 Å². The quantitative estimate of drug-likeness (QED) is 0.323. The minimum atomic E-state index is -0.518. The van der Waals surface area contributed by atoms with Crippen molar-refractivity contribution in [1.82, 2.24) is 4.90 Å². The van der Waals surface area contributed by atoms with Crippen LogP contribution in [0.2, 0.25) is 5.02 Å².